The third kappa shape index (κ3) is 3.05. The van der Waals surface area contributed by atoms with Crippen LogP contribution in [0, 0.1) is 5.92 Å². The fourth-order valence-corrected chi connectivity index (χ4v) is 4.03. The summed E-state index contributed by atoms with van der Waals surface area (Å²) >= 11 is 0. The molecule has 3 nitrogen and oxygen atoms in total. The molecule has 0 bridgehead atoms. The molecule has 0 spiro atoms. The minimum Gasteiger partial charge on any atom is -0.394 e. The van der Waals surface area contributed by atoms with Crippen molar-refractivity contribution in [2.24, 2.45) is 5.92 Å². The molecular formula is C23H26ClNO2. The van der Waals surface area contributed by atoms with E-state index in [-0.39, 0.29) is 31.5 Å². The van der Waals surface area contributed by atoms with Gasteiger partial charge in [-0.2, -0.15) is 0 Å². The largest absolute Gasteiger partial charge is 0.394 e. The molecule has 1 aliphatic carbocycles. The predicted octanol–water partition coefficient (Wildman–Crippen LogP) is 4.38. The van der Waals surface area contributed by atoms with Crippen molar-refractivity contribution in [2.45, 2.75) is 25.9 Å². The van der Waals surface area contributed by atoms with Gasteiger partial charge in [-0.1, -0.05) is 68.4 Å². The van der Waals surface area contributed by atoms with Crippen LogP contribution in [-0.4, -0.2) is 29.0 Å². The molecule has 142 valence electrons. The second-order valence-corrected chi connectivity index (χ2v) is 7.53. The summed E-state index contributed by atoms with van der Waals surface area (Å²) in [5.74, 6) is 0.124. The van der Waals surface area contributed by atoms with Crippen LogP contribution in [0.3, 0.4) is 0 Å². The highest BCUT2D eigenvalue weighted by molar-refractivity contribution is 6.15. The summed E-state index contributed by atoms with van der Waals surface area (Å²) in [6.45, 7) is 4.46. The fourth-order valence-electron chi connectivity index (χ4n) is 4.03. The lowest BCUT2D eigenvalue weighted by Crippen LogP contribution is -2.55. The number of benzene rings is 3. The van der Waals surface area contributed by atoms with Crippen LogP contribution in [0.15, 0.2) is 54.6 Å². The molecule has 4 heteroatoms. The summed E-state index contributed by atoms with van der Waals surface area (Å²) in [6.07, 6.45) is 0. The van der Waals surface area contributed by atoms with E-state index in [0.717, 1.165) is 0 Å². The Kier molecular flexibility index (Phi) is 5.59. The summed E-state index contributed by atoms with van der Waals surface area (Å²) < 4.78 is 0. The summed E-state index contributed by atoms with van der Waals surface area (Å²) in [6, 6.07) is 19.4. The van der Waals surface area contributed by atoms with Crippen molar-refractivity contribution in [1.82, 2.24) is 5.32 Å². The first-order valence-electron chi connectivity index (χ1n) is 9.22. The standard InChI is InChI=1S/C23H25NO2.ClH/c1-15(2)23(13-25,14-26)24-12-16-10-11-21-19-7-4-3-6-18(19)20-9-5-8-17(16)22(20)21;/h3-11,15,24-26H,12-14H2,1-2H3;1H. The molecule has 3 N–H and O–H groups in total. The Bertz CT molecular complexity index is 934. The topological polar surface area (TPSA) is 52.5 Å². The number of fused-ring (bicyclic) bond motifs is 3. The molecule has 0 saturated heterocycles. The Labute approximate surface area is 166 Å². The van der Waals surface area contributed by atoms with E-state index in [1.165, 1.54) is 38.6 Å². The van der Waals surface area contributed by atoms with Crippen LogP contribution < -0.4 is 5.32 Å². The highest BCUT2D eigenvalue weighted by Crippen LogP contribution is 2.47. The van der Waals surface area contributed by atoms with Gasteiger partial charge in [0.1, 0.15) is 0 Å². The lowest BCUT2D eigenvalue weighted by Gasteiger charge is -2.35. The third-order valence-corrected chi connectivity index (χ3v) is 5.94. The molecule has 0 aromatic heterocycles. The van der Waals surface area contributed by atoms with Crippen molar-refractivity contribution < 1.29 is 10.2 Å². The van der Waals surface area contributed by atoms with E-state index in [4.69, 9.17) is 0 Å². The highest BCUT2D eigenvalue weighted by Gasteiger charge is 2.32. The zero-order valence-corrected chi connectivity index (χ0v) is 16.5. The highest BCUT2D eigenvalue weighted by atomic mass is 35.5. The van der Waals surface area contributed by atoms with Gasteiger partial charge in [-0.3, -0.25) is 0 Å². The van der Waals surface area contributed by atoms with Gasteiger partial charge in [0.25, 0.3) is 0 Å². The molecule has 0 heterocycles. The van der Waals surface area contributed by atoms with Gasteiger partial charge < -0.3 is 15.5 Å². The number of rotatable bonds is 6. The molecule has 27 heavy (non-hydrogen) atoms. The zero-order chi connectivity index (χ0) is 18.3. The molecule has 0 amide bonds. The number of hydrogen-bond acceptors (Lipinski definition) is 3. The van der Waals surface area contributed by atoms with E-state index in [0.29, 0.717) is 6.54 Å². The van der Waals surface area contributed by atoms with E-state index >= 15 is 0 Å². The van der Waals surface area contributed by atoms with Gasteiger partial charge in [0.15, 0.2) is 0 Å². The number of halogens is 1. The number of aliphatic hydroxyl groups is 2. The van der Waals surface area contributed by atoms with Crippen LogP contribution >= 0.6 is 12.4 Å². The number of hydrogen-bond donors (Lipinski definition) is 3. The van der Waals surface area contributed by atoms with Gasteiger partial charge >= 0.3 is 0 Å². The van der Waals surface area contributed by atoms with E-state index in [1.807, 2.05) is 13.8 Å². The first kappa shape index (κ1) is 19.8. The number of nitrogens with one attached hydrogen (secondary N) is 1. The molecule has 0 aliphatic heterocycles. The fraction of sp³-hybridized carbons (Fsp3) is 0.304. The van der Waals surface area contributed by atoms with Crippen LogP contribution in [0.1, 0.15) is 19.4 Å². The minimum absolute atomic E-state index is 0. The summed E-state index contributed by atoms with van der Waals surface area (Å²) in [5, 5.41) is 25.6. The Morgan fingerprint density at radius 2 is 1.41 bits per heavy atom. The van der Waals surface area contributed by atoms with E-state index in [2.05, 4.69) is 59.9 Å². The normalized spacial score (nSPS) is 12.3. The van der Waals surface area contributed by atoms with Crippen LogP contribution in [-0.2, 0) is 6.54 Å². The molecule has 0 saturated carbocycles. The summed E-state index contributed by atoms with van der Waals surface area (Å²) in [7, 11) is 0. The average Bonchev–Trinajstić information content (AvgIpc) is 3.00. The lowest BCUT2D eigenvalue weighted by molar-refractivity contribution is 0.0552. The molecular weight excluding hydrogens is 358 g/mol. The van der Waals surface area contributed by atoms with Crippen LogP contribution in [0.2, 0.25) is 0 Å². The van der Waals surface area contributed by atoms with E-state index in [1.54, 1.807) is 0 Å². The minimum atomic E-state index is -0.675. The van der Waals surface area contributed by atoms with Crippen molar-refractivity contribution in [1.29, 1.82) is 0 Å². The maximum Gasteiger partial charge on any atom is 0.0673 e. The van der Waals surface area contributed by atoms with Crippen molar-refractivity contribution >= 4 is 23.2 Å². The second-order valence-electron chi connectivity index (χ2n) is 7.53. The number of aliphatic hydroxyl groups excluding tert-OH is 2. The van der Waals surface area contributed by atoms with Gasteiger partial charge in [-0.15, -0.1) is 12.4 Å². The van der Waals surface area contributed by atoms with Crippen molar-refractivity contribution in [3.8, 4) is 22.3 Å². The molecule has 1 aliphatic rings. The van der Waals surface area contributed by atoms with Crippen molar-refractivity contribution in [2.75, 3.05) is 13.2 Å². The zero-order valence-electron chi connectivity index (χ0n) is 15.7. The van der Waals surface area contributed by atoms with Gasteiger partial charge in [-0.25, -0.2) is 0 Å². The SMILES string of the molecule is CC(C)C(CO)(CO)NCc1ccc2c3c(cccc13)-c1ccccc1-2.Cl. The Hall–Kier alpha value is -1.91. The van der Waals surface area contributed by atoms with Gasteiger partial charge in [0.05, 0.1) is 18.8 Å². The molecule has 0 radical (unpaired) electrons. The van der Waals surface area contributed by atoms with E-state index < -0.39 is 5.54 Å². The predicted molar refractivity (Wildman–Crippen MR) is 114 cm³/mol. The Balaban J connectivity index is 0.00000210. The second kappa shape index (κ2) is 7.61. The molecule has 0 atom stereocenters. The first-order valence-corrected chi connectivity index (χ1v) is 9.22. The summed E-state index contributed by atoms with van der Waals surface area (Å²) in [4.78, 5) is 0. The third-order valence-electron chi connectivity index (χ3n) is 5.94. The first-order chi connectivity index (χ1) is 12.6. The average molecular weight is 384 g/mol. The van der Waals surface area contributed by atoms with E-state index in [9.17, 15) is 10.2 Å². The summed E-state index contributed by atoms with van der Waals surface area (Å²) in [5.41, 5.74) is 5.67. The maximum atomic E-state index is 9.83. The van der Waals surface area contributed by atoms with Gasteiger partial charge in [-0.05, 0) is 44.5 Å². The van der Waals surface area contributed by atoms with Crippen LogP contribution in [0.25, 0.3) is 33.0 Å². The quantitative estimate of drug-likeness (QED) is 0.463. The van der Waals surface area contributed by atoms with Gasteiger partial charge in [0, 0.05) is 6.54 Å². The Morgan fingerprint density at radius 3 is 2.00 bits per heavy atom. The van der Waals surface area contributed by atoms with Crippen LogP contribution in [0.4, 0.5) is 0 Å². The molecule has 0 fully saturated rings. The molecule has 0 unspecified atom stereocenters. The smallest absolute Gasteiger partial charge is 0.0673 e. The monoisotopic (exact) mass is 383 g/mol. The lowest BCUT2D eigenvalue weighted by atomic mass is 9.87. The molecule has 3 aromatic carbocycles. The Morgan fingerprint density at radius 1 is 0.815 bits per heavy atom. The van der Waals surface area contributed by atoms with Crippen LogP contribution in [0.5, 0.6) is 0 Å². The van der Waals surface area contributed by atoms with Gasteiger partial charge in [0.2, 0.25) is 0 Å². The molecule has 4 rings (SSSR count). The van der Waals surface area contributed by atoms with Crippen molar-refractivity contribution in [3.63, 3.8) is 0 Å². The van der Waals surface area contributed by atoms with Crippen molar-refractivity contribution in [3.05, 3.63) is 60.2 Å². The maximum absolute atomic E-state index is 9.83. The molecule has 3 aromatic rings.